The third-order valence-corrected chi connectivity index (χ3v) is 8.40. The van der Waals surface area contributed by atoms with Crippen LogP contribution in [0.2, 0.25) is 0 Å². The number of fused-ring (bicyclic) bond motifs is 1. The number of aromatic nitrogens is 2. The van der Waals surface area contributed by atoms with Crippen molar-refractivity contribution in [3.63, 3.8) is 0 Å². The van der Waals surface area contributed by atoms with Crippen LogP contribution in [0.4, 0.5) is 5.13 Å². The first-order valence-corrected chi connectivity index (χ1v) is 12.9. The molecule has 168 valence electrons. The SMILES string of the molecule is O=C(Nc1nc(-c2ccccc2)ns1)C1CCN(S(=O)(=O)c2ccc3ccccc3c2)CC1. The normalized spacial score (nSPS) is 15.5. The van der Waals surface area contributed by atoms with Gasteiger partial charge in [0.1, 0.15) is 0 Å². The van der Waals surface area contributed by atoms with Crippen molar-refractivity contribution in [1.82, 2.24) is 13.7 Å². The summed E-state index contributed by atoms with van der Waals surface area (Å²) < 4.78 is 32.1. The van der Waals surface area contributed by atoms with Crippen LogP contribution in [0.3, 0.4) is 0 Å². The van der Waals surface area contributed by atoms with Crippen LogP contribution in [0.1, 0.15) is 12.8 Å². The van der Waals surface area contributed by atoms with Gasteiger partial charge in [0.25, 0.3) is 0 Å². The molecule has 1 aliphatic rings. The van der Waals surface area contributed by atoms with Crippen LogP contribution in [-0.4, -0.2) is 41.1 Å². The average Bonchev–Trinajstić information content (AvgIpc) is 3.33. The Labute approximate surface area is 196 Å². The summed E-state index contributed by atoms with van der Waals surface area (Å²) in [6.45, 7) is 0.608. The highest BCUT2D eigenvalue weighted by Gasteiger charge is 2.32. The predicted octanol–water partition coefficient (Wildman–Crippen LogP) is 4.40. The second kappa shape index (κ2) is 9.01. The minimum absolute atomic E-state index is 0.145. The maximum atomic E-state index is 13.1. The molecule has 1 aromatic heterocycles. The Balaban J connectivity index is 1.22. The maximum absolute atomic E-state index is 13.1. The van der Waals surface area contributed by atoms with E-state index in [1.165, 1.54) is 4.31 Å². The highest BCUT2D eigenvalue weighted by molar-refractivity contribution is 7.89. The molecule has 0 unspecified atom stereocenters. The zero-order valence-corrected chi connectivity index (χ0v) is 19.3. The van der Waals surface area contributed by atoms with Gasteiger partial charge in [0.05, 0.1) is 4.90 Å². The van der Waals surface area contributed by atoms with Gasteiger partial charge in [-0.05, 0) is 35.7 Å². The Morgan fingerprint density at radius 2 is 1.64 bits per heavy atom. The molecule has 3 aromatic carbocycles. The molecule has 0 saturated carbocycles. The van der Waals surface area contributed by atoms with Crippen LogP contribution in [0.15, 0.2) is 77.7 Å². The van der Waals surface area contributed by atoms with E-state index in [-0.39, 0.29) is 16.7 Å². The number of carbonyl (C=O) groups is 1. The first kappa shape index (κ1) is 21.7. The second-order valence-corrected chi connectivity index (χ2v) is 10.7. The van der Waals surface area contributed by atoms with E-state index in [9.17, 15) is 13.2 Å². The molecular weight excluding hydrogens is 456 g/mol. The van der Waals surface area contributed by atoms with E-state index < -0.39 is 10.0 Å². The fourth-order valence-electron chi connectivity index (χ4n) is 4.02. The summed E-state index contributed by atoms with van der Waals surface area (Å²) in [5.74, 6) is 0.165. The summed E-state index contributed by atoms with van der Waals surface area (Å²) in [5, 5.41) is 5.18. The first-order valence-electron chi connectivity index (χ1n) is 10.7. The van der Waals surface area contributed by atoms with Crippen LogP contribution in [0, 0.1) is 5.92 Å². The van der Waals surface area contributed by atoms with E-state index >= 15 is 0 Å². The topological polar surface area (TPSA) is 92.3 Å². The molecule has 1 saturated heterocycles. The molecule has 4 aromatic rings. The van der Waals surface area contributed by atoms with Crippen LogP contribution in [0.5, 0.6) is 0 Å². The molecule has 0 bridgehead atoms. The van der Waals surface area contributed by atoms with Crippen molar-refractivity contribution in [2.45, 2.75) is 17.7 Å². The number of rotatable bonds is 5. The fourth-order valence-corrected chi connectivity index (χ4v) is 6.12. The van der Waals surface area contributed by atoms with Gasteiger partial charge in [-0.2, -0.15) is 13.7 Å². The zero-order valence-electron chi connectivity index (χ0n) is 17.7. The molecule has 0 spiro atoms. The number of anilines is 1. The molecule has 0 atom stereocenters. The summed E-state index contributed by atoms with van der Waals surface area (Å²) in [4.78, 5) is 17.4. The molecule has 5 rings (SSSR count). The summed E-state index contributed by atoms with van der Waals surface area (Å²) >= 11 is 1.14. The fraction of sp³-hybridized carbons (Fsp3) is 0.208. The van der Waals surface area contributed by atoms with Gasteiger partial charge >= 0.3 is 0 Å². The van der Waals surface area contributed by atoms with Gasteiger partial charge < -0.3 is 5.32 Å². The van der Waals surface area contributed by atoms with Crippen molar-refractivity contribution >= 4 is 43.4 Å². The van der Waals surface area contributed by atoms with Crippen molar-refractivity contribution in [2.75, 3.05) is 18.4 Å². The van der Waals surface area contributed by atoms with Crippen LogP contribution in [0.25, 0.3) is 22.2 Å². The van der Waals surface area contributed by atoms with Crippen LogP contribution >= 0.6 is 11.5 Å². The number of nitrogens with one attached hydrogen (secondary N) is 1. The number of hydrogen-bond donors (Lipinski definition) is 1. The molecule has 1 fully saturated rings. The number of piperidine rings is 1. The summed E-state index contributed by atoms with van der Waals surface area (Å²) in [6, 6.07) is 22.4. The molecule has 7 nitrogen and oxygen atoms in total. The molecule has 1 aliphatic heterocycles. The Hall–Kier alpha value is -3.14. The molecule has 1 N–H and O–H groups in total. The van der Waals surface area contributed by atoms with Gasteiger partial charge in [0.2, 0.25) is 21.1 Å². The van der Waals surface area contributed by atoms with Gasteiger partial charge in [-0.25, -0.2) is 8.42 Å². The van der Waals surface area contributed by atoms with Gasteiger partial charge in [-0.1, -0.05) is 60.7 Å². The standard InChI is InChI=1S/C24H22N4O3S2/c29-23(26-24-25-22(27-32-24)18-7-2-1-3-8-18)19-12-14-28(15-13-19)33(30,31)21-11-10-17-6-4-5-9-20(17)16-21/h1-11,16,19H,12-15H2,(H,25,26,27,29). The minimum Gasteiger partial charge on any atom is -0.300 e. The molecule has 0 radical (unpaired) electrons. The van der Waals surface area contributed by atoms with Gasteiger partial charge in [0.15, 0.2) is 5.82 Å². The predicted molar refractivity (Wildman–Crippen MR) is 129 cm³/mol. The Morgan fingerprint density at radius 1 is 0.939 bits per heavy atom. The number of amides is 1. The smallest absolute Gasteiger partial charge is 0.243 e. The van der Waals surface area contributed by atoms with Crippen molar-refractivity contribution in [3.05, 3.63) is 72.8 Å². The van der Waals surface area contributed by atoms with Gasteiger partial charge in [-0.15, -0.1) is 0 Å². The Morgan fingerprint density at radius 3 is 2.39 bits per heavy atom. The molecule has 33 heavy (non-hydrogen) atoms. The number of nitrogens with zero attached hydrogens (tertiary/aromatic N) is 3. The second-order valence-electron chi connectivity index (χ2n) is 7.97. The van der Waals surface area contributed by atoms with Crippen molar-refractivity contribution in [3.8, 4) is 11.4 Å². The van der Waals surface area contributed by atoms with E-state index in [2.05, 4.69) is 14.7 Å². The summed E-state index contributed by atoms with van der Waals surface area (Å²) in [6.07, 6.45) is 0.923. The number of hydrogen-bond acceptors (Lipinski definition) is 6. The lowest BCUT2D eigenvalue weighted by Gasteiger charge is -2.30. The highest BCUT2D eigenvalue weighted by atomic mass is 32.2. The number of sulfonamides is 1. The van der Waals surface area contributed by atoms with Crippen molar-refractivity contribution < 1.29 is 13.2 Å². The average molecular weight is 479 g/mol. The lowest BCUT2D eigenvalue weighted by molar-refractivity contribution is -0.120. The molecule has 1 amide bonds. The zero-order chi connectivity index (χ0) is 22.8. The van der Waals surface area contributed by atoms with Crippen LogP contribution < -0.4 is 5.32 Å². The van der Waals surface area contributed by atoms with E-state index in [0.717, 1.165) is 27.9 Å². The lowest BCUT2D eigenvalue weighted by Crippen LogP contribution is -2.41. The van der Waals surface area contributed by atoms with E-state index in [1.54, 1.807) is 12.1 Å². The highest BCUT2D eigenvalue weighted by Crippen LogP contribution is 2.28. The Kier molecular flexibility index (Phi) is 5.92. The quantitative estimate of drug-likeness (QED) is 0.459. The first-order chi connectivity index (χ1) is 16.0. The molecule has 2 heterocycles. The Bertz CT molecular complexity index is 1400. The number of carbonyl (C=O) groups excluding carboxylic acids is 1. The van der Waals surface area contributed by atoms with E-state index in [1.807, 2.05) is 60.7 Å². The summed E-state index contributed by atoms with van der Waals surface area (Å²) in [7, 11) is -3.61. The van der Waals surface area contributed by atoms with E-state index in [0.29, 0.717) is 36.9 Å². The third-order valence-electron chi connectivity index (χ3n) is 5.87. The third kappa shape index (κ3) is 4.52. The lowest BCUT2D eigenvalue weighted by atomic mass is 9.97. The molecule has 0 aliphatic carbocycles. The van der Waals surface area contributed by atoms with Crippen molar-refractivity contribution in [1.29, 1.82) is 0 Å². The van der Waals surface area contributed by atoms with Gasteiger partial charge in [-0.3, -0.25) is 4.79 Å². The summed E-state index contributed by atoms with van der Waals surface area (Å²) in [5.41, 5.74) is 0.890. The molecule has 9 heteroatoms. The van der Waals surface area contributed by atoms with E-state index in [4.69, 9.17) is 0 Å². The van der Waals surface area contributed by atoms with Crippen LogP contribution in [-0.2, 0) is 14.8 Å². The minimum atomic E-state index is -3.61. The maximum Gasteiger partial charge on any atom is 0.243 e. The van der Waals surface area contributed by atoms with Gasteiger partial charge in [0, 0.05) is 36.1 Å². The number of benzene rings is 3. The largest absolute Gasteiger partial charge is 0.300 e. The molecular formula is C24H22N4O3S2. The van der Waals surface area contributed by atoms with Crippen molar-refractivity contribution in [2.24, 2.45) is 5.92 Å². The monoisotopic (exact) mass is 478 g/mol.